The summed E-state index contributed by atoms with van der Waals surface area (Å²) in [4.78, 5) is 0. The van der Waals surface area contributed by atoms with Gasteiger partial charge < -0.3 is 4.74 Å². The van der Waals surface area contributed by atoms with Gasteiger partial charge in [-0.1, -0.05) is 22.0 Å². The third kappa shape index (κ3) is 1.02. The average molecular weight is 239 g/mol. The van der Waals surface area contributed by atoms with Crippen molar-refractivity contribution in [3.05, 3.63) is 33.8 Å². The number of rotatable bonds is 0. The Hall–Kier alpha value is -0.340. The SMILES string of the molecule is Brc1ccc2c(c1)C1(CCC1)OC2. The molecule has 13 heavy (non-hydrogen) atoms. The molecule has 0 radical (unpaired) electrons. The van der Waals surface area contributed by atoms with Gasteiger partial charge in [0.05, 0.1) is 12.2 Å². The molecule has 0 atom stereocenters. The number of hydrogen-bond acceptors (Lipinski definition) is 1. The van der Waals surface area contributed by atoms with Gasteiger partial charge in [0.15, 0.2) is 0 Å². The average Bonchev–Trinajstić information content (AvgIpc) is 2.41. The van der Waals surface area contributed by atoms with E-state index < -0.39 is 0 Å². The maximum atomic E-state index is 5.88. The summed E-state index contributed by atoms with van der Waals surface area (Å²) in [6.45, 7) is 0.808. The van der Waals surface area contributed by atoms with Crippen molar-refractivity contribution in [2.45, 2.75) is 31.5 Å². The normalized spacial score (nSPS) is 22.8. The highest BCUT2D eigenvalue weighted by molar-refractivity contribution is 9.10. The summed E-state index contributed by atoms with van der Waals surface area (Å²) in [5.41, 5.74) is 2.91. The Morgan fingerprint density at radius 1 is 1.31 bits per heavy atom. The van der Waals surface area contributed by atoms with E-state index in [1.165, 1.54) is 34.9 Å². The van der Waals surface area contributed by atoms with Gasteiger partial charge in [-0.2, -0.15) is 0 Å². The van der Waals surface area contributed by atoms with Crippen LogP contribution in [-0.4, -0.2) is 0 Å². The molecular weight excluding hydrogens is 228 g/mol. The largest absolute Gasteiger partial charge is 0.366 e. The predicted molar refractivity (Wildman–Crippen MR) is 54.5 cm³/mol. The highest BCUT2D eigenvalue weighted by atomic mass is 79.9. The maximum Gasteiger partial charge on any atom is 0.0939 e. The lowest BCUT2D eigenvalue weighted by Gasteiger charge is -2.38. The lowest BCUT2D eigenvalue weighted by molar-refractivity contribution is -0.0943. The Labute approximate surface area is 86.2 Å². The number of fused-ring (bicyclic) bond motifs is 2. The van der Waals surface area contributed by atoms with Crippen LogP contribution in [0.3, 0.4) is 0 Å². The molecule has 0 N–H and O–H groups in total. The maximum absolute atomic E-state index is 5.88. The summed E-state index contributed by atoms with van der Waals surface area (Å²) < 4.78 is 7.05. The van der Waals surface area contributed by atoms with Crippen molar-refractivity contribution >= 4 is 15.9 Å². The van der Waals surface area contributed by atoms with E-state index in [9.17, 15) is 0 Å². The quantitative estimate of drug-likeness (QED) is 0.674. The van der Waals surface area contributed by atoms with Crippen LogP contribution in [0.15, 0.2) is 22.7 Å². The van der Waals surface area contributed by atoms with Gasteiger partial charge in [-0.3, -0.25) is 0 Å². The summed E-state index contributed by atoms with van der Waals surface area (Å²) in [5, 5.41) is 0. The molecule has 2 heteroatoms. The van der Waals surface area contributed by atoms with Crippen molar-refractivity contribution < 1.29 is 4.74 Å². The molecule has 0 aromatic heterocycles. The number of ether oxygens (including phenoxy) is 1. The number of hydrogen-bond donors (Lipinski definition) is 0. The van der Waals surface area contributed by atoms with Gasteiger partial charge in [0.25, 0.3) is 0 Å². The van der Waals surface area contributed by atoms with E-state index in [-0.39, 0.29) is 5.60 Å². The zero-order valence-corrected chi connectivity index (χ0v) is 8.93. The lowest BCUT2D eigenvalue weighted by atomic mass is 9.75. The first-order chi connectivity index (χ1) is 6.30. The standard InChI is InChI=1S/C11H11BrO/c12-9-3-2-8-7-13-11(4-1-5-11)10(8)6-9/h2-3,6H,1,4-5,7H2. The van der Waals surface area contributed by atoms with Crippen molar-refractivity contribution in [1.82, 2.24) is 0 Å². The molecular formula is C11H11BrO. The minimum absolute atomic E-state index is 0.110. The molecule has 0 unspecified atom stereocenters. The summed E-state index contributed by atoms with van der Waals surface area (Å²) >= 11 is 3.51. The Bertz CT molecular complexity index is 355. The molecule has 0 bridgehead atoms. The minimum atomic E-state index is 0.110. The summed E-state index contributed by atoms with van der Waals surface area (Å²) in [5.74, 6) is 0. The molecule has 1 aliphatic heterocycles. The van der Waals surface area contributed by atoms with E-state index in [1.54, 1.807) is 0 Å². The van der Waals surface area contributed by atoms with Crippen LogP contribution in [0.25, 0.3) is 0 Å². The monoisotopic (exact) mass is 238 g/mol. The van der Waals surface area contributed by atoms with Crippen molar-refractivity contribution in [2.24, 2.45) is 0 Å². The molecule has 0 saturated heterocycles. The molecule has 3 rings (SSSR count). The lowest BCUT2D eigenvalue weighted by Crippen LogP contribution is -2.33. The van der Waals surface area contributed by atoms with Crippen LogP contribution in [0.5, 0.6) is 0 Å². The Balaban J connectivity index is 2.14. The molecule has 1 nitrogen and oxygen atoms in total. The Morgan fingerprint density at radius 2 is 2.15 bits per heavy atom. The predicted octanol–water partition coefficient (Wildman–Crippen LogP) is 3.36. The van der Waals surface area contributed by atoms with E-state index in [0.717, 1.165) is 6.61 Å². The van der Waals surface area contributed by atoms with E-state index in [2.05, 4.69) is 34.1 Å². The summed E-state index contributed by atoms with van der Waals surface area (Å²) in [7, 11) is 0. The topological polar surface area (TPSA) is 9.23 Å². The highest BCUT2D eigenvalue weighted by Gasteiger charge is 2.44. The van der Waals surface area contributed by atoms with Gasteiger partial charge >= 0.3 is 0 Å². The summed E-state index contributed by atoms with van der Waals surface area (Å²) in [6, 6.07) is 6.49. The van der Waals surface area contributed by atoms with E-state index in [1.807, 2.05) is 0 Å². The highest BCUT2D eigenvalue weighted by Crippen LogP contribution is 2.50. The number of halogens is 1. The van der Waals surface area contributed by atoms with Crippen molar-refractivity contribution in [2.75, 3.05) is 0 Å². The van der Waals surface area contributed by atoms with Gasteiger partial charge in [-0.25, -0.2) is 0 Å². The zero-order chi connectivity index (χ0) is 8.89. The molecule has 1 aromatic rings. The van der Waals surface area contributed by atoms with Crippen LogP contribution >= 0.6 is 15.9 Å². The van der Waals surface area contributed by atoms with Crippen LogP contribution in [0.4, 0.5) is 0 Å². The second-order valence-corrected chi connectivity index (χ2v) is 4.85. The van der Waals surface area contributed by atoms with Crippen LogP contribution in [0.2, 0.25) is 0 Å². The van der Waals surface area contributed by atoms with Gasteiger partial charge in [0.2, 0.25) is 0 Å². The molecule has 1 fully saturated rings. The molecule has 1 saturated carbocycles. The van der Waals surface area contributed by atoms with E-state index in [4.69, 9.17) is 4.74 Å². The fourth-order valence-electron chi connectivity index (χ4n) is 2.30. The van der Waals surface area contributed by atoms with Gasteiger partial charge in [0, 0.05) is 4.47 Å². The fraction of sp³-hybridized carbons (Fsp3) is 0.455. The fourth-order valence-corrected chi connectivity index (χ4v) is 2.66. The van der Waals surface area contributed by atoms with E-state index >= 15 is 0 Å². The van der Waals surface area contributed by atoms with Crippen LogP contribution in [0, 0.1) is 0 Å². The zero-order valence-electron chi connectivity index (χ0n) is 7.35. The molecule has 1 spiro atoms. The molecule has 2 aliphatic rings. The minimum Gasteiger partial charge on any atom is -0.366 e. The van der Waals surface area contributed by atoms with Crippen LogP contribution in [-0.2, 0) is 16.9 Å². The Kier molecular flexibility index (Phi) is 1.59. The van der Waals surface area contributed by atoms with Gasteiger partial charge in [-0.15, -0.1) is 0 Å². The third-order valence-corrected chi connectivity index (χ3v) is 3.72. The first-order valence-corrected chi connectivity index (χ1v) is 5.52. The second kappa shape index (κ2) is 2.58. The van der Waals surface area contributed by atoms with Crippen LogP contribution in [0.1, 0.15) is 30.4 Å². The van der Waals surface area contributed by atoms with Crippen molar-refractivity contribution in [3.63, 3.8) is 0 Å². The second-order valence-electron chi connectivity index (χ2n) is 3.94. The molecule has 1 aromatic carbocycles. The van der Waals surface area contributed by atoms with Crippen molar-refractivity contribution in [3.8, 4) is 0 Å². The summed E-state index contributed by atoms with van der Waals surface area (Å²) in [6.07, 6.45) is 3.72. The van der Waals surface area contributed by atoms with Gasteiger partial charge in [-0.05, 0) is 42.5 Å². The Morgan fingerprint density at radius 3 is 2.85 bits per heavy atom. The van der Waals surface area contributed by atoms with Gasteiger partial charge in [0.1, 0.15) is 0 Å². The van der Waals surface area contributed by atoms with E-state index in [0.29, 0.717) is 0 Å². The molecule has 1 heterocycles. The third-order valence-electron chi connectivity index (χ3n) is 3.23. The first kappa shape index (κ1) is 8.01. The molecule has 68 valence electrons. The number of benzene rings is 1. The molecule has 0 amide bonds. The van der Waals surface area contributed by atoms with Crippen molar-refractivity contribution in [1.29, 1.82) is 0 Å². The van der Waals surface area contributed by atoms with Crippen LogP contribution < -0.4 is 0 Å². The first-order valence-electron chi connectivity index (χ1n) is 4.73. The smallest absolute Gasteiger partial charge is 0.0939 e. The molecule has 1 aliphatic carbocycles.